The average Bonchev–Trinajstić information content (AvgIpc) is 3.01. The topological polar surface area (TPSA) is 72.2 Å². The van der Waals surface area contributed by atoms with Crippen molar-refractivity contribution in [2.75, 3.05) is 5.32 Å². The molecule has 5 heteroatoms. The number of anilines is 1. The molecule has 0 saturated heterocycles. The number of nitrogens with one attached hydrogen (secondary N) is 1. The Kier molecular flexibility index (Phi) is 4.19. The highest BCUT2D eigenvalue weighted by Gasteiger charge is 2.11. The minimum Gasteiger partial charge on any atom is -0.323 e. The van der Waals surface area contributed by atoms with E-state index in [9.17, 15) is 14.9 Å². The summed E-state index contributed by atoms with van der Waals surface area (Å²) in [7, 11) is 0. The number of aryl methyl sites for hydroxylation is 2. The van der Waals surface area contributed by atoms with Crippen LogP contribution in [0.25, 0.3) is 6.08 Å². The summed E-state index contributed by atoms with van der Waals surface area (Å²) in [5, 5.41) is 13.4. The van der Waals surface area contributed by atoms with E-state index >= 15 is 0 Å². The Bertz CT molecular complexity index is 779. The number of nitro groups is 1. The number of carbonyl (C=O) groups is 1. The molecule has 1 N–H and O–H groups in total. The van der Waals surface area contributed by atoms with Crippen LogP contribution in [0.2, 0.25) is 0 Å². The number of rotatable bonds is 4. The molecule has 0 atom stereocenters. The molecular weight excluding hydrogens is 292 g/mol. The Morgan fingerprint density at radius 3 is 2.57 bits per heavy atom. The van der Waals surface area contributed by atoms with Crippen LogP contribution in [0.1, 0.15) is 23.1 Å². The van der Waals surface area contributed by atoms with E-state index in [-0.39, 0.29) is 11.6 Å². The van der Waals surface area contributed by atoms with Gasteiger partial charge in [-0.05, 0) is 66.3 Å². The van der Waals surface area contributed by atoms with Gasteiger partial charge in [0.15, 0.2) is 0 Å². The van der Waals surface area contributed by atoms with Crippen molar-refractivity contribution in [3.63, 3.8) is 0 Å². The summed E-state index contributed by atoms with van der Waals surface area (Å²) in [6.45, 7) is 0. The van der Waals surface area contributed by atoms with Crippen LogP contribution in [0.5, 0.6) is 0 Å². The van der Waals surface area contributed by atoms with Crippen molar-refractivity contribution in [2.45, 2.75) is 19.3 Å². The van der Waals surface area contributed by atoms with E-state index in [4.69, 9.17) is 0 Å². The first-order valence-corrected chi connectivity index (χ1v) is 7.47. The van der Waals surface area contributed by atoms with Crippen LogP contribution >= 0.6 is 0 Å². The van der Waals surface area contributed by atoms with Crippen molar-refractivity contribution in [1.29, 1.82) is 0 Å². The van der Waals surface area contributed by atoms with Gasteiger partial charge in [-0.25, -0.2) is 0 Å². The average molecular weight is 308 g/mol. The molecule has 0 radical (unpaired) electrons. The Hall–Kier alpha value is -2.95. The maximum atomic E-state index is 12.0. The third-order valence-corrected chi connectivity index (χ3v) is 3.90. The number of carbonyl (C=O) groups excluding carboxylic acids is 1. The molecule has 23 heavy (non-hydrogen) atoms. The lowest BCUT2D eigenvalue weighted by atomic mass is 10.1. The van der Waals surface area contributed by atoms with Crippen molar-refractivity contribution < 1.29 is 9.72 Å². The molecule has 2 aromatic rings. The maximum Gasteiger partial charge on any atom is 0.269 e. The second-order valence-electron chi connectivity index (χ2n) is 5.51. The molecule has 1 amide bonds. The van der Waals surface area contributed by atoms with E-state index in [1.165, 1.54) is 35.8 Å². The largest absolute Gasteiger partial charge is 0.323 e. The van der Waals surface area contributed by atoms with E-state index in [0.29, 0.717) is 0 Å². The van der Waals surface area contributed by atoms with Gasteiger partial charge in [0.05, 0.1) is 4.92 Å². The summed E-state index contributed by atoms with van der Waals surface area (Å²) in [4.78, 5) is 22.1. The van der Waals surface area contributed by atoms with Crippen LogP contribution in [-0.4, -0.2) is 10.8 Å². The van der Waals surface area contributed by atoms with Crippen molar-refractivity contribution >= 4 is 23.4 Å². The number of fused-ring (bicyclic) bond motifs is 1. The first-order chi connectivity index (χ1) is 11.1. The molecule has 0 spiro atoms. The van der Waals surface area contributed by atoms with Gasteiger partial charge < -0.3 is 5.32 Å². The Morgan fingerprint density at radius 1 is 1.09 bits per heavy atom. The summed E-state index contributed by atoms with van der Waals surface area (Å²) in [6.07, 6.45) is 6.41. The van der Waals surface area contributed by atoms with Gasteiger partial charge in [-0.1, -0.05) is 6.07 Å². The minimum atomic E-state index is -0.450. The molecular formula is C18H16N2O3. The van der Waals surface area contributed by atoms with Crippen LogP contribution in [0.4, 0.5) is 11.4 Å². The SMILES string of the molecule is O=C(C=Cc1ccc([N+](=O)[O-])cc1)Nc1ccc2c(c1)CCC2. The van der Waals surface area contributed by atoms with Crippen molar-refractivity contribution in [3.05, 3.63) is 75.3 Å². The lowest BCUT2D eigenvalue weighted by molar-refractivity contribution is -0.384. The summed E-state index contributed by atoms with van der Waals surface area (Å²) in [5.41, 5.74) is 4.24. The summed E-state index contributed by atoms with van der Waals surface area (Å²) in [5.74, 6) is -0.221. The van der Waals surface area contributed by atoms with E-state index < -0.39 is 4.92 Å². The molecule has 116 valence electrons. The molecule has 0 heterocycles. The number of nitrogens with zero attached hydrogens (tertiary/aromatic N) is 1. The number of hydrogen-bond donors (Lipinski definition) is 1. The van der Waals surface area contributed by atoms with Gasteiger partial charge in [0.1, 0.15) is 0 Å². The van der Waals surface area contributed by atoms with E-state index in [1.54, 1.807) is 18.2 Å². The first-order valence-electron chi connectivity index (χ1n) is 7.47. The molecule has 0 saturated carbocycles. The smallest absolute Gasteiger partial charge is 0.269 e. The van der Waals surface area contributed by atoms with Crippen LogP contribution in [0, 0.1) is 10.1 Å². The van der Waals surface area contributed by atoms with Gasteiger partial charge in [-0.15, -0.1) is 0 Å². The van der Waals surface area contributed by atoms with Crippen LogP contribution in [0.15, 0.2) is 48.5 Å². The predicted octanol–water partition coefficient (Wildman–Crippen LogP) is 3.74. The molecule has 1 aliphatic rings. The molecule has 0 bridgehead atoms. The molecule has 0 aliphatic heterocycles. The summed E-state index contributed by atoms with van der Waals surface area (Å²) in [6, 6.07) is 12.1. The maximum absolute atomic E-state index is 12.0. The molecule has 5 nitrogen and oxygen atoms in total. The molecule has 0 fully saturated rings. The van der Waals surface area contributed by atoms with E-state index in [1.807, 2.05) is 12.1 Å². The van der Waals surface area contributed by atoms with Gasteiger partial charge in [0.2, 0.25) is 5.91 Å². The van der Waals surface area contributed by atoms with Gasteiger partial charge in [-0.2, -0.15) is 0 Å². The predicted molar refractivity (Wildman–Crippen MR) is 89.2 cm³/mol. The molecule has 3 rings (SSSR count). The second-order valence-corrected chi connectivity index (χ2v) is 5.51. The van der Waals surface area contributed by atoms with E-state index in [2.05, 4.69) is 11.4 Å². The highest BCUT2D eigenvalue weighted by molar-refractivity contribution is 6.02. The van der Waals surface area contributed by atoms with Gasteiger partial charge >= 0.3 is 0 Å². The van der Waals surface area contributed by atoms with Crippen LogP contribution < -0.4 is 5.32 Å². The molecule has 0 aromatic heterocycles. The molecule has 0 unspecified atom stereocenters. The van der Waals surface area contributed by atoms with Crippen molar-refractivity contribution in [3.8, 4) is 0 Å². The first kappa shape index (κ1) is 15.0. The minimum absolute atomic E-state index is 0.0322. The normalized spacial score (nSPS) is 13.0. The van der Waals surface area contributed by atoms with Gasteiger partial charge in [-0.3, -0.25) is 14.9 Å². The fraction of sp³-hybridized carbons (Fsp3) is 0.167. The second kappa shape index (κ2) is 6.44. The summed E-state index contributed by atoms with van der Waals surface area (Å²) >= 11 is 0. The number of hydrogen-bond acceptors (Lipinski definition) is 3. The standard InChI is InChI=1S/C18H16N2O3/c21-18(11-6-13-4-9-17(10-5-13)20(22)23)19-16-8-7-14-2-1-3-15(14)12-16/h4-12H,1-3H2,(H,19,21). The van der Waals surface area contributed by atoms with Crippen LogP contribution in [0.3, 0.4) is 0 Å². The highest BCUT2D eigenvalue weighted by atomic mass is 16.6. The van der Waals surface area contributed by atoms with Gasteiger partial charge in [0, 0.05) is 23.9 Å². The number of nitro benzene ring substituents is 1. The fourth-order valence-corrected chi connectivity index (χ4v) is 2.71. The Labute approximate surface area is 133 Å². The molecule has 1 aliphatic carbocycles. The third kappa shape index (κ3) is 3.63. The zero-order valence-electron chi connectivity index (χ0n) is 12.5. The lowest BCUT2D eigenvalue weighted by Gasteiger charge is -2.05. The fourth-order valence-electron chi connectivity index (χ4n) is 2.71. The quantitative estimate of drug-likeness (QED) is 0.531. The third-order valence-electron chi connectivity index (χ3n) is 3.90. The number of benzene rings is 2. The zero-order chi connectivity index (χ0) is 16.2. The van der Waals surface area contributed by atoms with Crippen molar-refractivity contribution in [2.24, 2.45) is 0 Å². The number of amides is 1. The number of non-ortho nitro benzene ring substituents is 1. The lowest BCUT2D eigenvalue weighted by Crippen LogP contribution is -2.08. The highest BCUT2D eigenvalue weighted by Crippen LogP contribution is 2.24. The van der Waals surface area contributed by atoms with E-state index in [0.717, 1.165) is 24.1 Å². The Balaban J connectivity index is 1.63. The summed E-state index contributed by atoms with van der Waals surface area (Å²) < 4.78 is 0. The monoisotopic (exact) mass is 308 g/mol. The van der Waals surface area contributed by atoms with Crippen LogP contribution in [-0.2, 0) is 17.6 Å². The Morgan fingerprint density at radius 2 is 1.83 bits per heavy atom. The van der Waals surface area contributed by atoms with Gasteiger partial charge in [0.25, 0.3) is 5.69 Å². The molecule has 2 aromatic carbocycles. The van der Waals surface area contributed by atoms with Crippen molar-refractivity contribution in [1.82, 2.24) is 0 Å². The zero-order valence-corrected chi connectivity index (χ0v) is 12.5.